The minimum atomic E-state index is -1.11. The lowest BCUT2D eigenvalue weighted by Gasteiger charge is -2.07. The van der Waals surface area contributed by atoms with E-state index in [4.69, 9.17) is 17.3 Å². The predicted octanol–water partition coefficient (Wildman–Crippen LogP) is 3.45. The first-order valence-corrected chi connectivity index (χ1v) is 5.67. The van der Waals surface area contributed by atoms with E-state index in [1.165, 1.54) is 30.3 Å². The average molecular weight is 283 g/mol. The molecule has 0 heterocycles. The molecule has 98 valence electrons. The number of carbonyl (C=O) groups is 1. The van der Waals surface area contributed by atoms with E-state index in [1.807, 2.05) is 0 Å². The fourth-order valence-corrected chi connectivity index (χ4v) is 1.60. The van der Waals surface area contributed by atoms with Crippen LogP contribution in [0, 0.1) is 11.6 Å². The van der Waals surface area contributed by atoms with E-state index in [1.54, 1.807) is 0 Å². The third kappa shape index (κ3) is 2.82. The Labute approximate surface area is 113 Å². The Hall–Kier alpha value is -2.14. The summed E-state index contributed by atoms with van der Waals surface area (Å²) in [7, 11) is 0. The highest BCUT2D eigenvalue weighted by Crippen LogP contribution is 2.21. The van der Waals surface area contributed by atoms with Gasteiger partial charge in [-0.15, -0.1) is 0 Å². The molecular weight excluding hydrogens is 274 g/mol. The SMILES string of the molecule is Nc1cc(C(=O)Nc2cccc(F)c2F)ccc1Cl. The summed E-state index contributed by atoms with van der Waals surface area (Å²) >= 11 is 5.73. The highest BCUT2D eigenvalue weighted by atomic mass is 35.5. The largest absolute Gasteiger partial charge is 0.398 e. The Morgan fingerprint density at radius 3 is 2.63 bits per heavy atom. The van der Waals surface area contributed by atoms with Crippen LogP contribution in [0.25, 0.3) is 0 Å². The van der Waals surface area contributed by atoms with E-state index in [9.17, 15) is 13.6 Å². The molecule has 0 aromatic heterocycles. The van der Waals surface area contributed by atoms with E-state index in [0.717, 1.165) is 6.07 Å². The molecule has 2 aromatic carbocycles. The highest BCUT2D eigenvalue weighted by molar-refractivity contribution is 6.33. The van der Waals surface area contributed by atoms with Crippen molar-refractivity contribution in [1.29, 1.82) is 0 Å². The van der Waals surface area contributed by atoms with Crippen molar-refractivity contribution in [2.45, 2.75) is 0 Å². The third-order valence-electron chi connectivity index (χ3n) is 2.46. The van der Waals surface area contributed by atoms with E-state index in [-0.39, 0.29) is 16.9 Å². The van der Waals surface area contributed by atoms with Crippen LogP contribution in [0.4, 0.5) is 20.2 Å². The molecule has 0 radical (unpaired) electrons. The van der Waals surface area contributed by atoms with Gasteiger partial charge in [0.2, 0.25) is 0 Å². The summed E-state index contributed by atoms with van der Waals surface area (Å²) in [6, 6.07) is 7.76. The van der Waals surface area contributed by atoms with Gasteiger partial charge < -0.3 is 11.1 Å². The second-order valence-electron chi connectivity index (χ2n) is 3.79. The molecule has 0 saturated heterocycles. The number of rotatable bonds is 2. The van der Waals surface area contributed by atoms with Crippen LogP contribution in [0.5, 0.6) is 0 Å². The van der Waals surface area contributed by atoms with E-state index in [2.05, 4.69) is 5.32 Å². The number of halogens is 3. The maximum Gasteiger partial charge on any atom is 0.255 e. The molecule has 6 heteroatoms. The van der Waals surface area contributed by atoms with Crippen molar-refractivity contribution in [2.75, 3.05) is 11.1 Å². The summed E-state index contributed by atoms with van der Waals surface area (Å²) in [6.07, 6.45) is 0. The first-order chi connectivity index (χ1) is 8.99. The van der Waals surface area contributed by atoms with Gasteiger partial charge in [0.15, 0.2) is 11.6 Å². The standard InChI is InChI=1S/C13H9ClF2N2O/c14-8-5-4-7(6-10(8)17)13(19)18-11-3-1-2-9(15)12(11)16/h1-6H,17H2,(H,18,19). The fraction of sp³-hybridized carbons (Fsp3) is 0. The molecule has 0 spiro atoms. The zero-order chi connectivity index (χ0) is 14.0. The molecule has 2 rings (SSSR count). The summed E-state index contributed by atoms with van der Waals surface area (Å²) in [5.41, 5.74) is 5.75. The summed E-state index contributed by atoms with van der Waals surface area (Å²) in [6.45, 7) is 0. The topological polar surface area (TPSA) is 55.1 Å². The third-order valence-corrected chi connectivity index (χ3v) is 2.80. The van der Waals surface area contributed by atoms with E-state index < -0.39 is 17.5 Å². The van der Waals surface area contributed by atoms with Gasteiger partial charge in [-0.2, -0.15) is 0 Å². The van der Waals surface area contributed by atoms with Crippen molar-refractivity contribution < 1.29 is 13.6 Å². The molecule has 0 fully saturated rings. The summed E-state index contributed by atoms with van der Waals surface area (Å²) in [4.78, 5) is 11.8. The van der Waals surface area contributed by atoms with Gasteiger partial charge in [-0.25, -0.2) is 8.78 Å². The lowest BCUT2D eigenvalue weighted by molar-refractivity contribution is 0.102. The number of nitrogens with two attached hydrogens (primary N) is 1. The van der Waals surface area contributed by atoms with Crippen LogP contribution in [0.1, 0.15) is 10.4 Å². The smallest absolute Gasteiger partial charge is 0.255 e. The van der Waals surface area contributed by atoms with Crippen molar-refractivity contribution in [3.8, 4) is 0 Å². The molecule has 0 unspecified atom stereocenters. The van der Waals surface area contributed by atoms with Crippen LogP contribution < -0.4 is 11.1 Å². The Morgan fingerprint density at radius 1 is 1.21 bits per heavy atom. The second kappa shape index (κ2) is 5.24. The minimum Gasteiger partial charge on any atom is -0.398 e. The number of hydrogen-bond acceptors (Lipinski definition) is 2. The zero-order valence-electron chi connectivity index (χ0n) is 9.58. The van der Waals surface area contributed by atoms with Crippen molar-refractivity contribution >= 4 is 28.9 Å². The zero-order valence-corrected chi connectivity index (χ0v) is 10.3. The molecule has 3 N–H and O–H groups in total. The van der Waals surface area contributed by atoms with Gasteiger partial charge in [-0.3, -0.25) is 4.79 Å². The van der Waals surface area contributed by atoms with Crippen LogP contribution in [0.15, 0.2) is 36.4 Å². The lowest BCUT2D eigenvalue weighted by Crippen LogP contribution is -2.13. The van der Waals surface area contributed by atoms with Crippen molar-refractivity contribution in [2.24, 2.45) is 0 Å². The number of hydrogen-bond donors (Lipinski definition) is 2. The second-order valence-corrected chi connectivity index (χ2v) is 4.20. The molecule has 2 aromatic rings. The summed E-state index contributed by atoms with van der Waals surface area (Å²) in [5.74, 6) is -2.75. The molecule has 1 amide bonds. The van der Waals surface area contributed by atoms with Gasteiger partial charge in [0, 0.05) is 5.56 Å². The number of amides is 1. The van der Waals surface area contributed by atoms with Crippen LogP contribution in [0.3, 0.4) is 0 Å². The van der Waals surface area contributed by atoms with Gasteiger partial charge in [-0.05, 0) is 30.3 Å². The molecule has 0 saturated carbocycles. The summed E-state index contributed by atoms with van der Waals surface area (Å²) < 4.78 is 26.4. The Bertz CT molecular complexity index is 647. The maximum atomic E-state index is 13.4. The molecule has 19 heavy (non-hydrogen) atoms. The van der Waals surface area contributed by atoms with Gasteiger partial charge in [0.1, 0.15) is 0 Å². The average Bonchev–Trinajstić information content (AvgIpc) is 2.38. The molecule has 3 nitrogen and oxygen atoms in total. The first-order valence-electron chi connectivity index (χ1n) is 5.29. The van der Waals surface area contributed by atoms with E-state index >= 15 is 0 Å². The maximum absolute atomic E-state index is 13.4. The molecule has 0 atom stereocenters. The quantitative estimate of drug-likeness (QED) is 0.829. The monoisotopic (exact) mass is 282 g/mol. The Kier molecular flexibility index (Phi) is 3.66. The molecular formula is C13H9ClF2N2O. The van der Waals surface area contributed by atoms with Crippen LogP contribution >= 0.6 is 11.6 Å². The molecule has 0 aliphatic carbocycles. The number of nitrogen functional groups attached to an aromatic ring is 1. The van der Waals surface area contributed by atoms with Crippen molar-refractivity contribution in [1.82, 2.24) is 0 Å². The van der Waals surface area contributed by atoms with Crippen LogP contribution in [0.2, 0.25) is 5.02 Å². The van der Waals surface area contributed by atoms with Crippen molar-refractivity contribution in [3.63, 3.8) is 0 Å². The molecule has 0 bridgehead atoms. The van der Waals surface area contributed by atoms with Gasteiger partial charge in [0.05, 0.1) is 16.4 Å². The highest BCUT2D eigenvalue weighted by Gasteiger charge is 2.12. The van der Waals surface area contributed by atoms with Crippen LogP contribution in [-0.4, -0.2) is 5.91 Å². The normalized spacial score (nSPS) is 10.3. The number of benzene rings is 2. The number of carbonyl (C=O) groups excluding carboxylic acids is 1. The molecule has 0 aliphatic heterocycles. The first kappa shape index (κ1) is 13.3. The van der Waals surface area contributed by atoms with E-state index in [0.29, 0.717) is 5.02 Å². The Balaban J connectivity index is 2.26. The van der Waals surface area contributed by atoms with Gasteiger partial charge in [0.25, 0.3) is 5.91 Å². The van der Waals surface area contributed by atoms with Gasteiger partial charge in [-0.1, -0.05) is 17.7 Å². The fourth-order valence-electron chi connectivity index (χ4n) is 1.48. The summed E-state index contributed by atoms with van der Waals surface area (Å²) in [5, 5.41) is 2.57. The predicted molar refractivity (Wildman–Crippen MR) is 70.2 cm³/mol. The van der Waals surface area contributed by atoms with Crippen molar-refractivity contribution in [3.05, 3.63) is 58.6 Å². The number of anilines is 2. The molecule has 0 aliphatic rings. The lowest BCUT2D eigenvalue weighted by atomic mass is 10.2. The Morgan fingerprint density at radius 2 is 1.95 bits per heavy atom. The minimum absolute atomic E-state index is 0.200. The van der Waals surface area contributed by atoms with Crippen LogP contribution in [-0.2, 0) is 0 Å². The van der Waals surface area contributed by atoms with Gasteiger partial charge >= 0.3 is 0 Å². The number of nitrogens with one attached hydrogen (secondary N) is 1.